The van der Waals surface area contributed by atoms with Gasteiger partial charge in [-0.05, 0) is 13.3 Å². The lowest BCUT2D eigenvalue weighted by Crippen LogP contribution is -2.18. The van der Waals surface area contributed by atoms with Gasteiger partial charge in [-0.1, -0.05) is 0 Å². The molecule has 0 aromatic carbocycles. The predicted molar refractivity (Wildman–Crippen MR) is 60.0 cm³/mol. The van der Waals surface area contributed by atoms with Crippen molar-refractivity contribution in [3.05, 3.63) is 16.4 Å². The molecule has 8 nitrogen and oxygen atoms in total. The van der Waals surface area contributed by atoms with Crippen molar-refractivity contribution in [2.75, 3.05) is 19.0 Å². The number of nitro groups is 1. The number of rotatable bonds is 6. The van der Waals surface area contributed by atoms with Gasteiger partial charge in [0, 0.05) is 12.6 Å². The fraction of sp³-hybridized carbons (Fsp3) is 0.556. The van der Waals surface area contributed by atoms with Crippen LogP contribution in [0.15, 0.2) is 6.33 Å². The maximum atomic E-state index is 10.9. The summed E-state index contributed by atoms with van der Waals surface area (Å²) < 4.78 is 4.81. The van der Waals surface area contributed by atoms with Crippen LogP contribution in [0.5, 0.6) is 5.88 Å². The van der Waals surface area contributed by atoms with Crippen molar-refractivity contribution in [3.8, 4) is 5.88 Å². The Morgan fingerprint density at radius 3 is 2.88 bits per heavy atom. The molecule has 0 radical (unpaired) electrons. The molecule has 0 bridgehead atoms. The van der Waals surface area contributed by atoms with Crippen LogP contribution in [0, 0.1) is 10.1 Å². The molecule has 0 fully saturated rings. The van der Waals surface area contributed by atoms with Gasteiger partial charge in [-0.25, -0.2) is 4.98 Å². The molecule has 1 heterocycles. The van der Waals surface area contributed by atoms with Crippen LogP contribution in [-0.2, 0) is 0 Å². The number of methoxy groups -OCH3 is 1. The van der Waals surface area contributed by atoms with E-state index in [1.807, 2.05) is 0 Å². The van der Waals surface area contributed by atoms with Crippen LogP contribution in [0.25, 0.3) is 0 Å². The van der Waals surface area contributed by atoms with Crippen molar-refractivity contribution in [2.24, 2.45) is 0 Å². The summed E-state index contributed by atoms with van der Waals surface area (Å²) in [6, 6.07) is -0.140. The summed E-state index contributed by atoms with van der Waals surface area (Å²) in [5.74, 6) is -0.00787. The molecule has 8 heteroatoms. The van der Waals surface area contributed by atoms with Crippen molar-refractivity contribution >= 4 is 11.5 Å². The van der Waals surface area contributed by atoms with Crippen molar-refractivity contribution in [2.45, 2.75) is 19.4 Å². The van der Waals surface area contributed by atoms with Crippen LogP contribution >= 0.6 is 0 Å². The second-order valence-corrected chi connectivity index (χ2v) is 3.39. The predicted octanol–water partition coefficient (Wildman–Crippen LogP) is 0.576. The molecule has 0 aliphatic heterocycles. The summed E-state index contributed by atoms with van der Waals surface area (Å²) in [5.41, 5.74) is -0.306. The van der Waals surface area contributed by atoms with E-state index < -0.39 is 4.92 Å². The highest BCUT2D eigenvalue weighted by atomic mass is 16.6. The van der Waals surface area contributed by atoms with Gasteiger partial charge in [0.2, 0.25) is 5.82 Å². The van der Waals surface area contributed by atoms with Gasteiger partial charge >= 0.3 is 5.69 Å². The third kappa shape index (κ3) is 3.25. The molecular formula is C9H14N4O4. The van der Waals surface area contributed by atoms with E-state index in [2.05, 4.69) is 15.3 Å². The number of nitrogens with one attached hydrogen (secondary N) is 1. The van der Waals surface area contributed by atoms with Gasteiger partial charge in [-0.3, -0.25) is 10.1 Å². The largest absolute Gasteiger partial charge is 0.476 e. The number of hydrogen-bond acceptors (Lipinski definition) is 7. The summed E-state index contributed by atoms with van der Waals surface area (Å²) in [6.45, 7) is 1.78. The van der Waals surface area contributed by atoms with Gasteiger partial charge in [-0.15, -0.1) is 0 Å². The standard InChI is InChI=1S/C9H14N4O4/c1-6(3-4-14)12-8-7(13(15)16)9(17-2)11-5-10-8/h5-6,14H,3-4H2,1-2H3,(H,10,11,12). The molecule has 0 saturated heterocycles. The Bertz CT molecular complexity index is 399. The van der Waals surface area contributed by atoms with Crippen molar-refractivity contribution < 1.29 is 14.8 Å². The number of aromatic nitrogens is 2. The minimum atomic E-state index is -0.604. The number of ether oxygens (including phenoxy) is 1. The third-order valence-electron chi connectivity index (χ3n) is 2.11. The fourth-order valence-electron chi connectivity index (χ4n) is 1.28. The molecular weight excluding hydrogens is 228 g/mol. The van der Waals surface area contributed by atoms with Crippen LogP contribution in [-0.4, -0.2) is 39.8 Å². The molecule has 1 aromatic rings. The van der Waals surface area contributed by atoms with Crippen LogP contribution < -0.4 is 10.1 Å². The van der Waals surface area contributed by atoms with Gasteiger partial charge in [0.05, 0.1) is 12.0 Å². The van der Waals surface area contributed by atoms with Gasteiger partial charge in [0.25, 0.3) is 5.88 Å². The molecule has 1 rings (SSSR count). The molecule has 0 aliphatic rings. The van der Waals surface area contributed by atoms with Gasteiger partial charge in [0.15, 0.2) is 0 Å². The lowest BCUT2D eigenvalue weighted by molar-refractivity contribution is -0.385. The van der Waals surface area contributed by atoms with E-state index in [-0.39, 0.29) is 30.0 Å². The first-order chi connectivity index (χ1) is 8.10. The van der Waals surface area contributed by atoms with Gasteiger partial charge < -0.3 is 15.2 Å². The summed E-state index contributed by atoms with van der Waals surface area (Å²) in [7, 11) is 1.30. The quantitative estimate of drug-likeness (QED) is 0.554. The minimum absolute atomic E-state index is 0.00974. The molecule has 1 aromatic heterocycles. The summed E-state index contributed by atoms with van der Waals surface area (Å²) in [4.78, 5) is 17.8. The van der Waals surface area contributed by atoms with Crippen LogP contribution in [0.1, 0.15) is 13.3 Å². The first-order valence-electron chi connectivity index (χ1n) is 5.01. The minimum Gasteiger partial charge on any atom is -0.476 e. The highest BCUT2D eigenvalue weighted by molar-refractivity contribution is 5.61. The molecule has 0 aliphatic carbocycles. The van der Waals surface area contributed by atoms with E-state index in [1.54, 1.807) is 6.92 Å². The van der Waals surface area contributed by atoms with E-state index >= 15 is 0 Å². The highest BCUT2D eigenvalue weighted by Crippen LogP contribution is 2.30. The Hall–Kier alpha value is -1.96. The average Bonchev–Trinajstić information content (AvgIpc) is 2.28. The van der Waals surface area contributed by atoms with Gasteiger partial charge in [0.1, 0.15) is 6.33 Å². The first kappa shape index (κ1) is 13.1. The van der Waals surface area contributed by atoms with Crippen molar-refractivity contribution in [1.82, 2.24) is 9.97 Å². The van der Waals surface area contributed by atoms with Crippen molar-refractivity contribution in [3.63, 3.8) is 0 Å². The zero-order chi connectivity index (χ0) is 12.8. The summed E-state index contributed by atoms with van der Waals surface area (Å²) in [5, 5.41) is 22.5. The Labute approximate surface area is 97.8 Å². The Morgan fingerprint density at radius 2 is 2.35 bits per heavy atom. The smallest absolute Gasteiger partial charge is 0.372 e. The number of nitrogens with zero attached hydrogens (tertiary/aromatic N) is 3. The molecule has 1 unspecified atom stereocenters. The molecule has 17 heavy (non-hydrogen) atoms. The van der Waals surface area contributed by atoms with Crippen LogP contribution in [0.4, 0.5) is 11.5 Å². The molecule has 94 valence electrons. The molecule has 2 N–H and O–H groups in total. The molecule has 0 amide bonds. The normalized spacial score (nSPS) is 11.9. The van der Waals surface area contributed by atoms with E-state index in [0.717, 1.165) is 0 Å². The van der Waals surface area contributed by atoms with E-state index in [1.165, 1.54) is 13.4 Å². The maximum Gasteiger partial charge on any atom is 0.372 e. The monoisotopic (exact) mass is 242 g/mol. The zero-order valence-electron chi connectivity index (χ0n) is 9.58. The van der Waals surface area contributed by atoms with Crippen LogP contribution in [0.3, 0.4) is 0 Å². The number of anilines is 1. The SMILES string of the molecule is COc1ncnc(NC(C)CCO)c1[N+](=O)[O-]. The highest BCUT2D eigenvalue weighted by Gasteiger charge is 2.24. The van der Waals surface area contributed by atoms with E-state index in [0.29, 0.717) is 6.42 Å². The summed E-state index contributed by atoms with van der Waals surface area (Å²) in [6.07, 6.45) is 1.64. The van der Waals surface area contributed by atoms with E-state index in [4.69, 9.17) is 9.84 Å². The Morgan fingerprint density at radius 1 is 1.65 bits per heavy atom. The fourth-order valence-corrected chi connectivity index (χ4v) is 1.28. The zero-order valence-corrected chi connectivity index (χ0v) is 9.58. The van der Waals surface area contributed by atoms with Crippen LogP contribution in [0.2, 0.25) is 0 Å². The lowest BCUT2D eigenvalue weighted by Gasteiger charge is -2.13. The summed E-state index contributed by atoms with van der Waals surface area (Å²) >= 11 is 0. The Balaban J connectivity index is 3.02. The molecule has 1 atom stereocenters. The lowest BCUT2D eigenvalue weighted by atomic mass is 10.2. The second kappa shape index (κ2) is 5.94. The van der Waals surface area contributed by atoms with Gasteiger partial charge in [-0.2, -0.15) is 4.98 Å². The number of hydrogen-bond donors (Lipinski definition) is 2. The number of aliphatic hydroxyl groups excluding tert-OH is 1. The van der Waals surface area contributed by atoms with Crippen molar-refractivity contribution in [1.29, 1.82) is 0 Å². The maximum absolute atomic E-state index is 10.9. The second-order valence-electron chi connectivity index (χ2n) is 3.39. The number of aliphatic hydroxyl groups is 1. The average molecular weight is 242 g/mol. The third-order valence-corrected chi connectivity index (χ3v) is 2.11. The first-order valence-corrected chi connectivity index (χ1v) is 5.01. The Kier molecular flexibility index (Phi) is 4.58. The molecule has 0 saturated carbocycles. The molecule has 0 spiro atoms. The topological polar surface area (TPSA) is 110 Å². The van der Waals surface area contributed by atoms with E-state index in [9.17, 15) is 10.1 Å².